The van der Waals surface area contributed by atoms with Crippen molar-refractivity contribution in [3.63, 3.8) is 0 Å². The van der Waals surface area contributed by atoms with Crippen molar-refractivity contribution in [3.05, 3.63) is 57.8 Å². The molecule has 2 aromatic rings. The number of amides is 1. The van der Waals surface area contributed by atoms with Crippen molar-refractivity contribution >= 4 is 44.8 Å². The van der Waals surface area contributed by atoms with Gasteiger partial charge in [-0.1, -0.05) is 23.2 Å². The Balaban J connectivity index is 1.66. The molecule has 6 nitrogen and oxygen atoms in total. The normalized spacial score (nSPS) is 14.6. The Morgan fingerprint density at radius 3 is 2.44 bits per heavy atom. The Bertz CT molecular complexity index is 977. The molecule has 3 rings (SSSR count). The van der Waals surface area contributed by atoms with Crippen molar-refractivity contribution in [2.75, 3.05) is 24.2 Å². The largest absolute Gasteiger partial charge is 0.485 e. The molecule has 0 aliphatic carbocycles. The molecule has 1 heterocycles. The van der Waals surface area contributed by atoms with Crippen molar-refractivity contribution in [2.45, 2.75) is 6.10 Å². The van der Waals surface area contributed by atoms with Crippen LogP contribution in [0.15, 0.2) is 36.4 Å². The lowest BCUT2D eigenvalue weighted by atomic mass is 10.1. The lowest BCUT2D eigenvalue weighted by molar-refractivity contribution is 0.0977. The minimum absolute atomic E-state index is 0.0139. The third kappa shape index (κ3) is 4.82. The fourth-order valence-corrected chi connectivity index (χ4v) is 3.35. The van der Waals surface area contributed by atoms with Crippen LogP contribution in [0.2, 0.25) is 10.0 Å². The van der Waals surface area contributed by atoms with Crippen LogP contribution in [-0.4, -0.2) is 39.8 Å². The van der Waals surface area contributed by atoms with Gasteiger partial charge in [-0.15, -0.1) is 0 Å². The second-order valence-corrected chi connectivity index (χ2v) is 8.68. The first kappa shape index (κ1) is 19.7. The number of hydrogen-bond donors (Lipinski definition) is 1. The number of ether oxygens (including phenoxy) is 1. The van der Waals surface area contributed by atoms with Crippen LogP contribution in [0.3, 0.4) is 0 Å². The summed E-state index contributed by atoms with van der Waals surface area (Å²) in [5, 5.41) is 0.661. The molecule has 10 heteroatoms. The summed E-state index contributed by atoms with van der Waals surface area (Å²) < 4.78 is 43.8. The molecule has 1 aliphatic rings. The number of nitrogens with one attached hydrogen (secondary N) is 1. The standard InChI is InChI=1S/C17H15Cl2FN2O4S/c1-27(24,25)21-17(23)13-6-14(19)16(7-15(13)20)26-12-8-22(9-12)11-4-2-10(18)3-5-11/h2-7,12H,8-9H2,1H3,(H,21,23). The molecule has 0 spiro atoms. The molecule has 144 valence electrons. The fraction of sp³-hybridized carbons (Fsp3) is 0.235. The molecule has 2 aromatic carbocycles. The van der Waals surface area contributed by atoms with E-state index in [-0.39, 0.29) is 16.9 Å². The van der Waals surface area contributed by atoms with Crippen molar-refractivity contribution in [1.29, 1.82) is 0 Å². The van der Waals surface area contributed by atoms with Crippen LogP contribution in [0.5, 0.6) is 5.75 Å². The van der Waals surface area contributed by atoms with E-state index in [0.717, 1.165) is 24.1 Å². The Morgan fingerprint density at radius 1 is 1.22 bits per heavy atom. The Kier molecular flexibility index (Phi) is 5.50. The maximum absolute atomic E-state index is 14.2. The Hall–Kier alpha value is -2.03. The molecule has 0 aromatic heterocycles. The second kappa shape index (κ2) is 7.53. The number of carbonyl (C=O) groups excluding carboxylic acids is 1. The molecule has 1 saturated heterocycles. The summed E-state index contributed by atoms with van der Waals surface area (Å²) in [5.74, 6) is -1.93. The molecular formula is C17H15Cl2FN2O4S. The topological polar surface area (TPSA) is 75.7 Å². The zero-order valence-electron chi connectivity index (χ0n) is 14.1. The number of anilines is 1. The number of hydrogen-bond acceptors (Lipinski definition) is 5. The summed E-state index contributed by atoms with van der Waals surface area (Å²) in [6.45, 7) is 1.16. The van der Waals surface area contributed by atoms with Gasteiger partial charge in [-0.3, -0.25) is 4.79 Å². The zero-order valence-corrected chi connectivity index (χ0v) is 16.4. The van der Waals surface area contributed by atoms with Crippen LogP contribution in [0.4, 0.5) is 10.1 Å². The molecule has 1 aliphatic heterocycles. The van der Waals surface area contributed by atoms with E-state index in [4.69, 9.17) is 27.9 Å². The zero-order chi connectivity index (χ0) is 19.8. The maximum atomic E-state index is 14.2. The summed E-state index contributed by atoms with van der Waals surface area (Å²) in [6, 6.07) is 9.38. The van der Waals surface area contributed by atoms with E-state index < -0.39 is 27.3 Å². The van der Waals surface area contributed by atoms with Gasteiger partial charge in [0, 0.05) is 16.8 Å². The van der Waals surface area contributed by atoms with Crippen LogP contribution < -0.4 is 14.4 Å². The number of carbonyl (C=O) groups is 1. The number of nitrogens with zero attached hydrogens (tertiary/aromatic N) is 1. The molecule has 0 bridgehead atoms. The molecule has 27 heavy (non-hydrogen) atoms. The Morgan fingerprint density at radius 2 is 1.85 bits per heavy atom. The molecular weight excluding hydrogens is 418 g/mol. The molecule has 1 amide bonds. The molecule has 0 radical (unpaired) electrons. The van der Waals surface area contributed by atoms with E-state index in [2.05, 4.69) is 4.90 Å². The van der Waals surface area contributed by atoms with Crippen molar-refractivity contribution < 1.29 is 22.3 Å². The van der Waals surface area contributed by atoms with Gasteiger partial charge in [-0.05, 0) is 30.3 Å². The van der Waals surface area contributed by atoms with Gasteiger partial charge in [-0.2, -0.15) is 0 Å². The molecule has 1 fully saturated rings. The number of benzene rings is 2. The SMILES string of the molecule is CS(=O)(=O)NC(=O)c1cc(Cl)c(OC2CN(c3ccc(Cl)cc3)C2)cc1F. The minimum Gasteiger partial charge on any atom is -0.485 e. The van der Waals surface area contributed by atoms with Crippen molar-refractivity contribution in [3.8, 4) is 5.75 Å². The quantitative estimate of drug-likeness (QED) is 0.785. The molecule has 0 unspecified atom stereocenters. The van der Waals surface area contributed by atoms with E-state index in [1.165, 1.54) is 0 Å². The van der Waals surface area contributed by atoms with Gasteiger partial charge in [0.15, 0.2) is 0 Å². The summed E-state index contributed by atoms with van der Waals surface area (Å²) in [6.07, 6.45) is 0.596. The predicted octanol–water partition coefficient (Wildman–Crippen LogP) is 3.09. The summed E-state index contributed by atoms with van der Waals surface area (Å²) in [7, 11) is -3.81. The summed E-state index contributed by atoms with van der Waals surface area (Å²) in [5.41, 5.74) is 0.512. The number of sulfonamides is 1. The lowest BCUT2D eigenvalue weighted by Gasteiger charge is -2.40. The Labute approximate surface area is 165 Å². The third-order valence-corrected chi connectivity index (χ3v) is 4.98. The highest BCUT2D eigenvalue weighted by molar-refractivity contribution is 7.89. The van der Waals surface area contributed by atoms with Gasteiger partial charge in [0.1, 0.15) is 17.7 Å². The summed E-state index contributed by atoms with van der Waals surface area (Å²) >= 11 is 11.9. The van der Waals surface area contributed by atoms with Crippen LogP contribution >= 0.6 is 23.2 Å². The van der Waals surface area contributed by atoms with Gasteiger partial charge < -0.3 is 9.64 Å². The molecule has 0 saturated carbocycles. The van der Waals surface area contributed by atoms with Gasteiger partial charge in [-0.25, -0.2) is 17.5 Å². The van der Waals surface area contributed by atoms with Crippen molar-refractivity contribution in [1.82, 2.24) is 4.72 Å². The smallest absolute Gasteiger partial charge is 0.267 e. The lowest BCUT2D eigenvalue weighted by Crippen LogP contribution is -2.54. The number of rotatable bonds is 5. The fourth-order valence-electron chi connectivity index (χ4n) is 2.57. The van der Waals surface area contributed by atoms with Gasteiger partial charge in [0.2, 0.25) is 10.0 Å². The first-order chi connectivity index (χ1) is 12.6. The van der Waals surface area contributed by atoms with Crippen LogP contribution in [-0.2, 0) is 10.0 Å². The second-order valence-electron chi connectivity index (χ2n) is 6.09. The van der Waals surface area contributed by atoms with E-state index in [1.54, 1.807) is 16.9 Å². The first-order valence-electron chi connectivity index (χ1n) is 7.81. The summed E-state index contributed by atoms with van der Waals surface area (Å²) in [4.78, 5) is 13.9. The average molecular weight is 433 g/mol. The highest BCUT2D eigenvalue weighted by Crippen LogP contribution is 2.31. The van der Waals surface area contributed by atoms with Gasteiger partial charge >= 0.3 is 0 Å². The van der Waals surface area contributed by atoms with Gasteiger partial charge in [0.05, 0.1) is 29.9 Å². The van der Waals surface area contributed by atoms with Gasteiger partial charge in [0.25, 0.3) is 5.91 Å². The number of halogens is 3. The van der Waals surface area contributed by atoms with E-state index in [0.29, 0.717) is 18.1 Å². The predicted molar refractivity (Wildman–Crippen MR) is 102 cm³/mol. The molecule has 0 atom stereocenters. The van der Waals surface area contributed by atoms with E-state index in [9.17, 15) is 17.6 Å². The first-order valence-corrected chi connectivity index (χ1v) is 10.5. The molecule has 1 N–H and O–H groups in total. The average Bonchev–Trinajstić information content (AvgIpc) is 2.52. The van der Waals surface area contributed by atoms with Crippen LogP contribution in [0.25, 0.3) is 0 Å². The minimum atomic E-state index is -3.81. The van der Waals surface area contributed by atoms with Crippen LogP contribution in [0, 0.1) is 5.82 Å². The maximum Gasteiger partial charge on any atom is 0.267 e. The van der Waals surface area contributed by atoms with E-state index >= 15 is 0 Å². The van der Waals surface area contributed by atoms with E-state index in [1.807, 2.05) is 12.1 Å². The third-order valence-electron chi connectivity index (χ3n) is 3.88. The highest BCUT2D eigenvalue weighted by atomic mass is 35.5. The van der Waals surface area contributed by atoms with Crippen molar-refractivity contribution in [2.24, 2.45) is 0 Å². The monoisotopic (exact) mass is 432 g/mol. The van der Waals surface area contributed by atoms with Crippen LogP contribution in [0.1, 0.15) is 10.4 Å². The highest BCUT2D eigenvalue weighted by Gasteiger charge is 2.30.